The van der Waals surface area contributed by atoms with Gasteiger partial charge in [-0.2, -0.15) is 0 Å². The van der Waals surface area contributed by atoms with E-state index in [2.05, 4.69) is 15.9 Å². The van der Waals surface area contributed by atoms with Crippen LogP contribution in [0.5, 0.6) is 0 Å². The molecule has 1 rings (SSSR count). The number of aliphatic carboxylic acids is 1. The van der Waals surface area contributed by atoms with E-state index in [4.69, 9.17) is 5.11 Å². The Kier molecular flexibility index (Phi) is 1.11. The highest BCUT2D eigenvalue weighted by Gasteiger charge is 2.55. The average molecular weight is 179 g/mol. The zero-order chi connectivity index (χ0) is 6.36. The number of hydrogen-bond donors (Lipinski definition) is 1. The van der Waals surface area contributed by atoms with Crippen LogP contribution in [0, 0.1) is 5.41 Å². The predicted octanol–water partition coefficient (Wildman–Crippen LogP) is 1.24. The van der Waals surface area contributed by atoms with Gasteiger partial charge in [-0.3, -0.25) is 4.79 Å². The van der Waals surface area contributed by atoms with Gasteiger partial charge in [0, 0.05) is 4.83 Å². The molecule has 2 atom stereocenters. The minimum atomic E-state index is -0.695. The summed E-state index contributed by atoms with van der Waals surface area (Å²) in [5, 5.41) is 8.45. The van der Waals surface area contributed by atoms with Crippen molar-refractivity contribution in [2.45, 2.75) is 18.2 Å². The van der Waals surface area contributed by atoms with E-state index in [1.54, 1.807) is 6.92 Å². The minimum Gasteiger partial charge on any atom is -0.481 e. The van der Waals surface area contributed by atoms with Crippen LogP contribution in [-0.2, 0) is 4.79 Å². The molecule has 2 nitrogen and oxygen atoms in total. The Morgan fingerprint density at radius 2 is 2.38 bits per heavy atom. The third-order valence-electron chi connectivity index (χ3n) is 1.62. The third kappa shape index (κ3) is 0.652. The fraction of sp³-hybridized carbons (Fsp3) is 0.800. The molecule has 0 heterocycles. The number of rotatable bonds is 1. The van der Waals surface area contributed by atoms with Gasteiger partial charge in [-0.25, -0.2) is 0 Å². The van der Waals surface area contributed by atoms with E-state index in [1.807, 2.05) is 0 Å². The second kappa shape index (κ2) is 1.47. The van der Waals surface area contributed by atoms with E-state index < -0.39 is 11.4 Å². The van der Waals surface area contributed by atoms with Gasteiger partial charge in [0.15, 0.2) is 0 Å². The Morgan fingerprint density at radius 3 is 2.38 bits per heavy atom. The van der Waals surface area contributed by atoms with Gasteiger partial charge >= 0.3 is 5.97 Å². The van der Waals surface area contributed by atoms with Gasteiger partial charge < -0.3 is 5.11 Å². The molecule has 0 saturated heterocycles. The molecule has 8 heavy (non-hydrogen) atoms. The Labute approximate surface area is 56.0 Å². The van der Waals surface area contributed by atoms with Crippen molar-refractivity contribution in [1.82, 2.24) is 0 Å². The van der Waals surface area contributed by atoms with Gasteiger partial charge in [0.1, 0.15) is 0 Å². The molecule has 0 amide bonds. The monoisotopic (exact) mass is 178 g/mol. The number of halogens is 1. The van der Waals surface area contributed by atoms with Crippen molar-refractivity contribution in [2.75, 3.05) is 0 Å². The molecular formula is C5H7BrO2. The standard InChI is InChI=1S/C5H7BrO2/c1-5(4(7)8)2-3(5)6/h3H,2H2,1H3,(H,7,8). The molecule has 2 unspecified atom stereocenters. The number of carboxylic acids is 1. The average Bonchev–Trinajstić information content (AvgIpc) is 2.17. The van der Waals surface area contributed by atoms with Gasteiger partial charge in [-0.15, -0.1) is 0 Å². The molecule has 1 aliphatic rings. The summed E-state index contributed by atoms with van der Waals surface area (Å²) in [7, 11) is 0. The van der Waals surface area contributed by atoms with Gasteiger partial charge in [0.2, 0.25) is 0 Å². The van der Waals surface area contributed by atoms with Crippen molar-refractivity contribution < 1.29 is 9.90 Å². The molecule has 0 aromatic heterocycles. The zero-order valence-electron chi connectivity index (χ0n) is 4.52. The molecular weight excluding hydrogens is 172 g/mol. The van der Waals surface area contributed by atoms with E-state index in [-0.39, 0.29) is 4.83 Å². The van der Waals surface area contributed by atoms with E-state index in [0.29, 0.717) is 0 Å². The molecule has 1 fully saturated rings. The molecule has 46 valence electrons. The molecule has 0 aliphatic heterocycles. The molecule has 0 radical (unpaired) electrons. The fourth-order valence-corrected chi connectivity index (χ4v) is 1.40. The van der Waals surface area contributed by atoms with E-state index in [1.165, 1.54) is 0 Å². The maximum Gasteiger partial charge on any atom is 0.310 e. The number of carbonyl (C=O) groups is 1. The number of hydrogen-bond acceptors (Lipinski definition) is 1. The van der Waals surface area contributed by atoms with Crippen molar-refractivity contribution >= 4 is 21.9 Å². The van der Waals surface area contributed by atoms with Gasteiger partial charge in [0.25, 0.3) is 0 Å². The number of alkyl halides is 1. The molecule has 0 aromatic carbocycles. The van der Waals surface area contributed by atoms with Crippen LogP contribution in [0.1, 0.15) is 13.3 Å². The van der Waals surface area contributed by atoms with E-state index in [0.717, 1.165) is 6.42 Å². The summed E-state index contributed by atoms with van der Waals surface area (Å²) < 4.78 is 0. The summed E-state index contributed by atoms with van der Waals surface area (Å²) in [5.41, 5.74) is -0.458. The van der Waals surface area contributed by atoms with Crippen LogP contribution < -0.4 is 0 Å². The van der Waals surface area contributed by atoms with Crippen LogP contribution in [0.2, 0.25) is 0 Å². The minimum absolute atomic E-state index is 0.201. The molecule has 1 aliphatic carbocycles. The lowest BCUT2D eigenvalue weighted by atomic mass is 10.2. The Hall–Kier alpha value is -0.0500. The van der Waals surface area contributed by atoms with E-state index >= 15 is 0 Å². The van der Waals surface area contributed by atoms with Crippen LogP contribution >= 0.6 is 15.9 Å². The Morgan fingerprint density at radius 1 is 2.00 bits per heavy atom. The molecule has 1 saturated carbocycles. The highest BCUT2D eigenvalue weighted by Crippen LogP contribution is 2.51. The summed E-state index contributed by atoms with van der Waals surface area (Å²) in [5.74, 6) is -0.695. The van der Waals surface area contributed by atoms with Crippen LogP contribution in [0.15, 0.2) is 0 Å². The molecule has 0 spiro atoms. The lowest BCUT2D eigenvalue weighted by Gasteiger charge is -1.97. The first-order valence-electron chi connectivity index (χ1n) is 2.45. The normalized spacial score (nSPS) is 44.0. The van der Waals surface area contributed by atoms with Crippen molar-refractivity contribution in [3.8, 4) is 0 Å². The first kappa shape index (κ1) is 6.08. The number of carboxylic acid groups (broad SMARTS) is 1. The lowest BCUT2D eigenvalue weighted by Crippen LogP contribution is -2.12. The van der Waals surface area contributed by atoms with Crippen LogP contribution in [0.4, 0.5) is 0 Å². The maximum atomic E-state index is 10.3. The summed E-state index contributed by atoms with van der Waals surface area (Å²) in [6.45, 7) is 1.74. The van der Waals surface area contributed by atoms with Crippen molar-refractivity contribution in [3.05, 3.63) is 0 Å². The topological polar surface area (TPSA) is 37.3 Å². The molecule has 1 N–H and O–H groups in total. The Bertz CT molecular complexity index is 134. The van der Waals surface area contributed by atoms with Gasteiger partial charge in [-0.1, -0.05) is 15.9 Å². The molecule has 3 heteroatoms. The second-order valence-corrected chi connectivity index (χ2v) is 3.50. The van der Waals surface area contributed by atoms with Gasteiger partial charge in [0.05, 0.1) is 5.41 Å². The van der Waals surface area contributed by atoms with Crippen molar-refractivity contribution in [3.63, 3.8) is 0 Å². The smallest absolute Gasteiger partial charge is 0.310 e. The van der Waals surface area contributed by atoms with Crippen molar-refractivity contribution in [1.29, 1.82) is 0 Å². The third-order valence-corrected chi connectivity index (χ3v) is 2.96. The van der Waals surface area contributed by atoms with E-state index in [9.17, 15) is 4.79 Å². The lowest BCUT2D eigenvalue weighted by molar-refractivity contribution is -0.142. The summed E-state index contributed by atoms with van der Waals surface area (Å²) in [6, 6.07) is 0. The van der Waals surface area contributed by atoms with Crippen LogP contribution in [0.25, 0.3) is 0 Å². The zero-order valence-corrected chi connectivity index (χ0v) is 6.10. The van der Waals surface area contributed by atoms with Crippen molar-refractivity contribution in [2.24, 2.45) is 5.41 Å². The van der Waals surface area contributed by atoms with Gasteiger partial charge in [-0.05, 0) is 13.3 Å². The predicted molar refractivity (Wildman–Crippen MR) is 33.1 cm³/mol. The summed E-state index contributed by atoms with van der Waals surface area (Å²) >= 11 is 3.22. The summed E-state index contributed by atoms with van der Waals surface area (Å²) in [6.07, 6.45) is 0.766. The molecule has 0 bridgehead atoms. The molecule has 0 aromatic rings. The maximum absolute atomic E-state index is 10.3. The van der Waals surface area contributed by atoms with Crippen LogP contribution in [-0.4, -0.2) is 15.9 Å². The summed E-state index contributed by atoms with van der Waals surface area (Å²) in [4.78, 5) is 10.5. The highest BCUT2D eigenvalue weighted by molar-refractivity contribution is 9.09. The van der Waals surface area contributed by atoms with Crippen LogP contribution in [0.3, 0.4) is 0 Å². The fourth-order valence-electron chi connectivity index (χ4n) is 0.535. The highest BCUT2D eigenvalue weighted by atomic mass is 79.9. The quantitative estimate of drug-likeness (QED) is 0.615. The first-order chi connectivity index (χ1) is 3.57. The largest absolute Gasteiger partial charge is 0.481 e. The SMILES string of the molecule is CC1(C(=O)O)CC1Br. The first-order valence-corrected chi connectivity index (χ1v) is 3.36. The second-order valence-electron chi connectivity index (χ2n) is 2.39. The Balaban J connectivity index is 2.60.